The van der Waals surface area contributed by atoms with Crippen LogP contribution >= 0.6 is 0 Å². The molecular formula is C20H15N5O3. The molecule has 0 atom stereocenters. The first-order valence-corrected chi connectivity index (χ1v) is 8.20. The highest BCUT2D eigenvalue weighted by molar-refractivity contribution is 6.03. The van der Waals surface area contributed by atoms with Crippen molar-refractivity contribution in [1.82, 2.24) is 10.2 Å². The van der Waals surface area contributed by atoms with Gasteiger partial charge in [0, 0.05) is 5.69 Å². The summed E-state index contributed by atoms with van der Waals surface area (Å²) in [5, 5.41) is 22.6. The average molecular weight is 373 g/mol. The van der Waals surface area contributed by atoms with Crippen LogP contribution < -0.4 is 10.6 Å². The molecule has 1 amide bonds. The van der Waals surface area contributed by atoms with E-state index in [1.165, 1.54) is 13.2 Å². The first-order valence-electron chi connectivity index (χ1n) is 8.20. The van der Waals surface area contributed by atoms with E-state index < -0.39 is 11.9 Å². The third-order valence-electron chi connectivity index (χ3n) is 3.77. The number of anilines is 3. The normalized spacial score (nSPS) is 9.86. The van der Waals surface area contributed by atoms with Crippen LogP contribution in [0.1, 0.15) is 26.4 Å². The molecular weight excluding hydrogens is 358 g/mol. The molecule has 3 rings (SSSR count). The zero-order valence-corrected chi connectivity index (χ0v) is 14.8. The number of nitriles is 1. The van der Waals surface area contributed by atoms with Gasteiger partial charge < -0.3 is 15.4 Å². The van der Waals surface area contributed by atoms with E-state index in [-0.39, 0.29) is 5.69 Å². The first kappa shape index (κ1) is 18.5. The molecule has 2 N–H and O–H groups in total. The van der Waals surface area contributed by atoms with Gasteiger partial charge in [-0.1, -0.05) is 12.1 Å². The fraction of sp³-hybridized carbons (Fsp3) is 0.0500. The molecule has 0 spiro atoms. The maximum absolute atomic E-state index is 12.3. The van der Waals surface area contributed by atoms with Gasteiger partial charge in [-0.15, -0.1) is 10.2 Å². The molecule has 0 fully saturated rings. The fourth-order valence-corrected chi connectivity index (χ4v) is 2.35. The number of nitrogens with one attached hydrogen (secondary N) is 2. The third-order valence-corrected chi connectivity index (χ3v) is 3.77. The number of benzene rings is 2. The van der Waals surface area contributed by atoms with Crippen LogP contribution in [0.5, 0.6) is 0 Å². The Morgan fingerprint density at radius 3 is 2.39 bits per heavy atom. The Bertz CT molecular complexity index is 1040. The van der Waals surface area contributed by atoms with Crippen LogP contribution in [0, 0.1) is 11.3 Å². The molecule has 8 heteroatoms. The van der Waals surface area contributed by atoms with E-state index in [0.717, 1.165) is 0 Å². The van der Waals surface area contributed by atoms with Crippen molar-refractivity contribution in [3.05, 3.63) is 77.5 Å². The van der Waals surface area contributed by atoms with Gasteiger partial charge in [-0.2, -0.15) is 5.26 Å². The molecule has 1 aromatic heterocycles. The second-order valence-electron chi connectivity index (χ2n) is 5.61. The number of para-hydroxylation sites is 1. The van der Waals surface area contributed by atoms with Crippen molar-refractivity contribution < 1.29 is 14.3 Å². The second kappa shape index (κ2) is 8.42. The summed E-state index contributed by atoms with van der Waals surface area (Å²) in [6, 6.07) is 18.5. The zero-order chi connectivity index (χ0) is 19.9. The highest BCUT2D eigenvalue weighted by atomic mass is 16.5. The van der Waals surface area contributed by atoms with Gasteiger partial charge in [0.1, 0.15) is 6.07 Å². The van der Waals surface area contributed by atoms with E-state index >= 15 is 0 Å². The van der Waals surface area contributed by atoms with Gasteiger partial charge >= 0.3 is 5.97 Å². The number of hydrogen-bond donors (Lipinski definition) is 2. The predicted octanol–water partition coefficient (Wildman–Crippen LogP) is 3.13. The van der Waals surface area contributed by atoms with Crippen LogP contribution in [0.25, 0.3) is 0 Å². The highest BCUT2D eigenvalue weighted by Gasteiger charge is 2.11. The quantitative estimate of drug-likeness (QED) is 0.660. The molecule has 0 unspecified atom stereocenters. The number of ether oxygens (including phenoxy) is 1. The molecule has 0 bridgehead atoms. The predicted molar refractivity (Wildman–Crippen MR) is 102 cm³/mol. The summed E-state index contributed by atoms with van der Waals surface area (Å²) in [5.74, 6) is -0.492. The van der Waals surface area contributed by atoms with Crippen LogP contribution in [0.2, 0.25) is 0 Å². The van der Waals surface area contributed by atoms with Crippen molar-refractivity contribution in [1.29, 1.82) is 5.26 Å². The summed E-state index contributed by atoms with van der Waals surface area (Å²) in [7, 11) is 1.30. The Morgan fingerprint density at radius 1 is 1.00 bits per heavy atom. The maximum atomic E-state index is 12.3. The number of rotatable bonds is 5. The number of amides is 1. The molecule has 0 aliphatic rings. The van der Waals surface area contributed by atoms with Crippen molar-refractivity contribution in [2.45, 2.75) is 0 Å². The van der Waals surface area contributed by atoms with E-state index in [1.54, 1.807) is 54.6 Å². The number of nitrogens with zero attached hydrogens (tertiary/aromatic N) is 3. The third kappa shape index (κ3) is 4.28. The highest BCUT2D eigenvalue weighted by Crippen LogP contribution is 2.18. The monoisotopic (exact) mass is 373 g/mol. The van der Waals surface area contributed by atoms with Gasteiger partial charge in [-0.05, 0) is 48.5 Å². The number of hydrogen-bond acceptors (Lipinski definition) is 7. The van der Waals surface area contributed by atoms with Gasteiger partial charge in [0.2, 0.25) is 0 Å². The molecule has 2 aromatic carbocycles. The molecule has 0 radical (unpaired) electrons. The van der Waals surface area contributed by atoms with Crippen molar-refractivity contribution in [3.63, 3.8) is 0 Å². The standard InChI is InChI=1S/C20H15N5O3/c1-28-20(27)13-6-8-15(9-7-13)22-19(26)17-10-11-18(25-24-17)23-16-5-3-2-4-14(16)12-21/h2-11H,1H3,(H,22,26)(H,23,25). The Kier molecular flexibility index (Phi) is 5.58. The Morgan fingerprint density at radius 2 is 1.75 bits per heavy atom. The molecule has 0 saturated carbocycles. The van der Waals surface area contributed by atoms with E-state index in [0.29, 0.717) is 28.3 Å². The molecule has 0 aliphatic carbocycles. The van der Waals surface area contributed by atoms with Gasteiger partial charge in [-0.25, -0.2) is 4.79 Å². The smallest absolute Gasteiger partial charge is 0.337 e. The SMILES string of the molecule is COC(=O)c1ccc(NC(=O)c2ccc(Nc3ccccc3C#N)nn2)cc1. The molecule has 1 heterocycles. The van der Waals surface area contributed by atoms with Crippen molar-refractivity contribution in [2.75, 3.05) is 17.7 Å². The summed E-state index contributed by atoms with van der Waals surface area (Å²) >= 11 is 0. The average Bonchev–Trinajstić information content (AvgIpc) is 2.74. The lowest BCUT2D eigenvalue weighted by molar-refractivity contribution is 0.0600. The molecule has 8 nitrogen and oxygen atoms in total. The lowest BCUT2D eigenvalue weighted by Gasteiger charge is -2.08. The van der Waals surface area contributed by atoms with Crippen molar-refractivity contribution >= 4 is 29.1 Å². The van der Waals surface area contributed by atoms with Crippen molar-refractivity contribution in [2.24, 2.45) is 0 Å². The Labute approximate surface area is 160 Å². The molecule has 3 aromatic rings. The van der Waals surface area contributed by atoms with Gasteiger partial charge in [-0.3, -0.25) is 4.79 Å². The summed E-state index contributed by atoms with van der Waals surface area (Å²) < 4.78 is 4.63. The lowest BCUT2D eigenvalue weighted by Crippen LogP contribution is -2.14. The number of methoxy groups -OCH3 is 1. The van der Waals surface area contributed by atoms with E-state index in [2.05, 4.69) is 31.6 Å². The number of aromatic nitrogens is 2. The Hall–Kier alpha value is -4.25. The van der Waals surface area contributed by atoms with Crippen LogP contribution in [0.4, 0.5) is 17.2 Å². The molecule has 138 valence electrons. The zero-order valence-electron chi connectivity index (χ0n) is 14.8. The van der Waals surface area contributed by atoms with Crippen LogP contribution in [0.3, 0.4) is 0 Å². The van der Waals surface area contributed by atoms with Gasteiger partial charge in [0.15, 0.2) is 11.5 Å². The van der Waals surface area contributed by atoms with Crippen LogP contribution in [-0.4, -0.2) is 29.2 Å². The summed E-state index contributed by atoms with van der Waals surface area (Å²) in [6.07, 6.45) is 0. The van der Waals surface area contributed by atoms with E-state index in [1.807, 2.05) is 0 Å². The molecule has 0 aliphatic heterocycles. The van der Waals surface area contributed by atoms with Crippen LogP contribution in [0.15, 0.2) is 60.7 Å². The van der Waals surface area contributed by atoms with Gasteiger partial charge in [0.25, 0.3) is 5.91 Å². The van der Waals surface area contributed by atoms with Gasteiger partial charge in [0.05, 0.1) is 23.9 Å². The van der Waals surface area contributed by atoms with Crippen LogP contribution in [-0.2, 0) is 4.74 Å². The van der Waals surface area contributed by atoms with E-state index in [4.69, 9.17) is 5.26 Å². The molecule has 0 saturated heterocycles. The maximum Gasteiger partial charge on any atom is 0.337 e. The Balaban J connectivity index is 1.67. The summed E-state index contributed by atoms with van der Waals surface area (Å²) in [6.45, 7) is 0. The molecule has 28 heavy (non-hydrogen) atoms. The number of carbonyl (C=O) groups excluding carboxylic acids is 2. The minimum Gasteiger partial charge on any atom is -0.465 e. The minimum absolute atomic E-state index is 0.121. The topological polar surface area (TPSA) is 117 Å². The lowest BCUT2D eigenvalue weighted by atomic mass is 10.2. The fourth-order valence-electron chi connectivity index (χ4n) is 2.35. The minimum atomic E-state index is -0.454. The second-order valence-corrected chi connectivity index (χ2v) is 5.61. The number of esters is 1. The van der Waals surface area contributed by atoms with E-state index in [9.17, 15) is 9.59 Å². The first-order chi connectivity index (χ1) is 13.6. The summed E-state index contributed by atoms with van der Waals surface area (Å²) in [5.41, 5.74) is 2.08. The summed E-state index contributed by atoms with van der Waals surface area (Å²) in [4.78, 5) is 23.7. The number of carbonyl (C=O) groups is 2. The van der Waals surface area contributed by atoms with Crippen molar-refractivity contribution in [3.8, 4) is 6.07 Å². The largest absolute Gasteiger partial charge is 0.465 e.